The zero-order valence-corrected chi connectivity index (χ0v) is 10.00. The molecule has 2 N–H and O–H groups in total. The lowest BCUT2D eigenvalue weighted by Gasteiger charge is -2.18. The van der Waals surface area contributed by atoms with Crippen LogP contribution in [0.3, 0.4) is 0 Å². The Labute approximate surface area is 103 Å². The van der Waals surface area contributed by atoms with Gasteiger partial charge in [0.2, 0.25) is 0 Å². The molecule has 88 valence electrons. The van der Waals surface area contributed by atoms with Crippen molar-refractivity contribution < 1.29 is 9.47 Å². The van der Waals surface area contributed by atoms with Crippen LogP contribution in [0.5, 0.6) is 11.5 Å². The topological polar surface area (TPSA) is 57.4 Å². The van der Waals surface area contributed by atoms with Crippen LogP contribution in [0.4, 0.5) is 0 Å². The molecule has 0 fully saturated rings. The number of aromatic nitrogens is 1. The number of hydrogen-bond donors (Lipinski definition) is 1. The number of rotatable bonds is 2. The van der Waals surface area contributed by atoms with Gasteiger partial charge in [-0.1, -0.05) is 0 Å². The van der Waals surface area contributed by atoms with E-state index in [1.165, 1.54) is 0 Å². The monoisotopic (exact) mass is 248 g/mol. The number of thiazole rings is 1. The largest absolute Gasteiger partial charge is 0.486 e. The van der Waals surface area contributed by atoms with Crippen molar-refractivity contribution in [3.8, 4) is 21.9 Å². The van der Waals surface area contributed by atoms with Gasteiger partial charge < -0.3 is 15.2 Å². The summed E-state index contributed by atoms with van der Waals surface area (Å²) in [6, 6.07) is 5.94. The van der Waals surface area contributed by atoms with Crippen LogP contribution in [0, 0.1) is 0 Å². The van der Waals surface area contributed by atoms with E-state index in [-0.39, 0.29) is 0 Å². The van der Waals surface area contributed by atoms with Crippen LogP contribution in [0.2, 0.25) is 0 Å². The minimum absolute atomic E-state index is 0.452. The molecule has 0 saturated carbocycles. The molecule has 0 saturated heterocycles. The summed E-state index contributed by atoms with van der Waals surface area (Å²) in [5, 5.41) is 0. The lowest BCUT2D eigenvalue weighted by molar-refractivity contribution is 0.171. The van der Waals surface area contributed by atoms with Gasteiger partial charge in [0, 0.05) is 6.54 Å². The second kappa shape index (κ2) is 4.35. The molecule has 5 heteroatoms. The molecule has 0 atom stereocenters. The van der Waals surface area contributed by atoms with E-state index < -0.39 is 0 Å². The SMILES string of the molecule is NCc1ncsc1-c1ccc2c(c1)OCCO2. The van der Waals surface area contributed by atoms with Crippen molar-refractivity contribution in [2.24, 2.45) is 5.73 Å². The minimum Gasteiger partial charge on any atom is -0.486 e. The third kappa shape index (κ3) is 1.87. The van der Waals surface area contributed by atoms with Crippen molar-refractivity contribution in [3.05, 3.63) is 29.4 Å². The van der Waals surface area contributed by atoms with E-state index in [0.717, 1.165) is 27.6 Å². The van der Waals surface area contributed by atoms with Crippen LogP contribution in [-0.2, 0) is 6.54 Å². The Bertz CT molecular complexity index is 539. The van der Waals surface area contributed by atoms with Crippen LogP contribution >= 0.6 is 11.3 Å². The molecular weight excluding hydrogens is 236 g/mol. The second-order valence-corrected chi connectivity index (χ2v) is 4.55. The lowest BCUT2D eigenvalue weighted by atomic mass is 10.1. The van der Waals surface area contributed by atoms with Crippen LogP contribution in [0.25, 0.3) is 10.4 Å². The quantitative estimate of drug-likeness (QED) is 0.883. The number of fused-ring (bicyclic) bond motifs is 1. The number of hydrogen-bond acceptors (Lipinski definition) is 5. The molecular formula is C12H12N2O2S. The summed E-state index contributed by atoms with van der Waals surface area (Å²) in [6.45, 7) is 1.66. The molecule has 0 radical (unpaired) electrons. The Morgan fingerprint density at radius 2 is 2.06 bits per heavy atom. The summed E-state index contributed by atoms with van der Waals surface area (Å²) in [7, 11) is 0. The van der Waals surface area contributed by atoms with E-state index in [1.807, 2.05) is 23.7 Å². The fraction of sp³-hybridized carbons (Fsp3) is 0.250. The van der Waals surface area contributed by atoms with E-state index in [1.54, 1.807) is 11.3 Å². The Kier molecular flexibility index (Phi) is 2.70. The fourth-order valence-corrected chi connectivity index (χ4v) is 2.65. The zero-order valence-electron chi connectivity index (χ0n) is 9.18. The Morgan fingerprint density at radius 3 is 2.88 bits per heavy atom. The van der Waals surface area contributed by atoms with E-state index in [2.05, 4.69) is 4.98 Å². The van der Waals surface area contributed by atoms with E-state index in [0.29, 0.717) is 19.8 Å². The van der Waals surface area contributed by atoms with Gasteiger partial charge in [-0.15, -0.1) is 11.3 Å². The Hall–Kier alpha value is -1.59. The van der Waals surface area contributed by atoms with Gasteiger partial charge in [0.25, 0.3) is 0 Å². The second-order valence-electron chi connectivity index (χ2n) is 3.69. The number of nitrogens with two attached hydrogens (primary N) is 1. The highest BCUT2D eigenvalue weighted by Gasteiger charge is 2.14. The standard InChI is InChI=1S/C12H12N2O2S/c13-6-9-12(17-7-14-9)8-1-2-10-11(5-8)16-4-3-15-10/h1-2,5,7H,3-4,6,13H2. The smallest absolute Gasteiger partial charge is 0.162 e. The number of benzene rings is 1. The molecule has 2 heterocycles. The first-order chi connectivity index (χ1) is 8.38. The van der Waals surface area contributed by atoms with Crippen LogP contribution in [0.1, 0.15) is 5.69 Å². The van der Waals surface area contributed by atoms with Crippen molar-refractivity contribution >= 4 is 11.3 Å². The summed E-state index contributed by atoms with van der Waals surface area (Å²) in [4.78, 5) is 5.35. The molecule has 1 aliphatic rings. The molecule has 0 spiro atoms. The maximum atomic E-state index is 5.66. The van der Waals surface area contributed by atoms with E-state index in [9.17, 15) is 0 Å². The molecule has 3 rings (SSSR count). The molecule has 17 heavy (non-hydrogen) atoms. The summed E-state index contributed by atoms with van der Waals surface area (Å²) < 4.78 is 11.1. The van der Waals surface area contributed by atoms with Crippen LogP contribution < -0.4 is 15.2 Å². The van der Waals surface area contributed by atoms with Gasteiger partial charge in [0.15, 0.2) is 11.5 Å². The zero-order chi connectivity index (χ0) is 11.7. The highest BCUT2D eigenvalue weighted by Crippen LogP contribution is 2.36. The van der Waals surface area contributed by atoms with E-state index >= 15 is 0 Å². The van der Waals surface area contributed by atoms with Gasteiger partial charge in [-0.2, -0.15) is 0 Å². The Morgan fingerprint density at radius 1 is 1.24 bits per heavy atom. The van der Waals surface area contributed by atoms with Crippen LogP contribution in [0.15, 0.2) is 23.7 Å². The molecule has 0 bridgehead atoms. The predicted molar refractivity (Wildman–Crippen MR) is 66.4 cm³/mol. The minimum atomic E-state index is 0.452. The van der Waals surface area contributed by atoms with Gasteiger partial charge in [-0.25, -0.2) is 4.98 Å². The van der Waals surface area contributed by atoms with Gasteiger partial charge in [0.05, 0.1) is 16.1 Å². The first-order valence-corrected chi connectivity index (χ1v) is 6.29. The molecule has 4 nitrogen and oxygen atoms in total. The third-order valence-electron chi connectivity index (χ3n) is 2.64. The molecule has 1 aliphatic heterocycles. The van der Waals surface area contributed by atoms with Crippen molar-refractivity contribution in [1.82, 2.24) is 4.98 Å². The van der Waals surface area contributed by atoms with Crippen molar-refractivity contribution in [2.75, 3.05) is 13.2 Å². The highest BCUT2D eigenvalue weighted by molar-refractivity contribution is 7.13. The summed E-state index contributed by atoms with van der Waals surface area (Å²) in [5.74, 6) is 1.60. The predicted octanol–water partition coefficient (Wildman–Crippen LogP) is 2.04. The number of ether oxygens (including phenoxy) is 2. The van der Waals surface area contributed by atoms with Gasteiger partial charge in [-0.05, 0) is 23.8 Å². The average Bonchev–Trinajstić information content (AvgIpc) is 2.86. The maximum absolute atomic E-state index is 5.66. The van der Waals surface area contributed by atoms with Crippen LogP contribution in [-0.4, -0.2) is 18.2 Å². The molecule has 0 aliphatic carbocycles. The van der Waals surface area contributed by atoms with Crippen molar-refractivity contribution in [1.29, 1.82) is 0 Å². The number of nitrogens with zero attached hydrogens (tertiary/aromatic N) is 1. The fourth-order valence-electron chi connectivity index (χ4n) is 1.83. The normalized spacial score (nSPS) is 13.7. The molecule has 1 aromatic carbocycles. The first-order valence-electron chi connectivity index (χ1n) is 5.41. The molecule has 2 aromatic rings. The highest BCUT2D eigenvalue weighted by atomic mass is 32.1. The van der Waals surface area contributed by atoms with Gasteiger partial charge >= 0.3 is 0 Å². The van der Waals surface area contributed by atoms with Gasteiger partial charge in [0.1, 0.15) is 13.2 Å². The first kappa shape index (κ1) is 10.6. The summed E-state index contributed by atoms with van der Waals surface area (Å²) in [5.41, 5.74) is 9.48. The lowest BCUT2D eigenvalue weighted by Crippen LogP contribution is -2.15. The molecule has 0 amide bonds. The average molecular weight is 248 g/mol. The van der Waals surface area contributed by atoms with E-state index in [4.69, 9.17) is 15.2 Å². The van der Waals surface area contributed by atoms with Crippen molar-refractivity contribution in [3.63, 3.8) is 0 Å². The summed E-state index contributed by atoms with van der Waals surface area (Å²) in [6.07, 6.45) is 0. The van der Waals surface area contributed by atoms with Gasteiger partial charge in [-0.3, -0.25) is 0 Å². The van der Waals surface area contributed by atoms with Crippen molar-refractivity contribution in [2.45, 2.75) is 6.54 Å². The molecule has 1 aromatic heterocycles. The third-order valence-corrected chi connectivity index (χ3v) is 3.56. The molecule has 0 unspecified atom stereocenters. The summed E-state index contributed by atoms with van der Waals surface area (Å²) >= 11 is 1.59. The Balaban J connectivity index is 2.04. The maximum Gasteiger partial charge on any atom is 0.162 e.